The van der Waals surface area contributed by atoms with E-state index in [4.69, 9.17) is 0 Å². The standard InChI is InChI=1S/C13H12O2/c1-9(14)6-10-7-11-4-2-3-5-12(11)13(15)8-10/h2-5,7-8,15H,6H2,1H3. The smallest absolute Gasteiger partial charge is 0.134 e. The monoisotopic (exact) mass is 200 g/mol. The molecule has 15 heavy (non-hydrogen) atoms. The summed E-state index contributed by atoms with van der Waals surface area (Å²) < 4.78 is 0. The molecule has 0 fully saturated rings. The Morgan fingerprint density at radius 1 is 1.27 bits per heavy atom. The maximum absolute atomic E-state index is 11.0. The summed E-state index contributed by atoms with van der Waals surface area (Å²) in [6, 6.07) is 11.2. The number of fused-ring (bicyclic) bond motifs is 1. The van der Waals surface area contributed by atoms with Crippen LogP contribution in [0.25, 0.3) is 10.8 Å². The van der Waals surface area contributed by atoms with Crippen LogP contribution in [-0.4, -0.2) is 10.9 Å². The van der Waals surface area contributed by atoms with Gasteiger partial charge in [0.1, 0.15) is 11.5 Å². The van der Waals surface area contributed by atoms with Crippen LogP contribution in [0.15, 0.2) is 36.4 Å². The summed E-state index contributed by atoms with van der Waals surface area (Å²) in [7, 11) is 0. The predicted molar refractivity (Wildman–Crippen MR) is 60.0 cm³/mol. The average molecular weight is 200 g/mol. The van der Waals surface area contributed by atoms with E-state index in [0.29, 0.717) is 6.42 Å². The first-order valence-corrected chi connectivity index (χ1v) is 4.87. The summed E-state index contributed by atoms with van der Waals surface area (Å²) in [6.45, 7) is 1.55. The highest BCUT2D eigenvalue weighted by Crippen LogP contribution is 2.26. The van der Waals surface area contributed by atoms with Gasteiger partial charge in [-0.15, -0.1) is 0 Å². The van der Waals surface area contributed by atoms with Crippen molar-refractivity contribution in [3.05, 3.63) is 42.0 Å². The molecule has 2 nitrogen and oxygen atoms in total. The van der Waals surface area contributed by atoms with Gasteiger partial charge in [0.15, 0.2) is 0 Å². The molecule has 0 heterocycles. The second-order valence-electron chi connectivity index (χ2n) is 3.71. The number of rotatable bonds is 2. The minimum atomic E-state index is 0.102. The van der Waals surface area contributed by atoms with Gasteiger partial charge in [-0.2, -0.15) is 0 Å². The first-order valence-electron chi connectivity index (χ1n) is 4.87. The van der Waals surface area contributed by atoms with Crippen LogP contribution in [0.1, 0.15) is 12.5 Å². The van der Waals surface area contributed by atoms with Crippen molar-refractivity contribution in [3.8, 4) is 5.75 Å². The number of Topliss-reactive ketones (excluding diaryl/α,β-unsaturated/α-hetero) is 1. The molecule has 76 valence electrons. The van der Waals surface area contributed by atoms with Crippen molar-refractivity contribution in [2.75, 3.05) is 0 Å². The zero-order valence-corrected chi connectivity index (χ0v) is 8.53. The molecule has 0 bridgehead atoms. The molecule has 0 aliphatic heterocycles. The van der Waals surface area contributed by atoms with Gasteiger partial charge in [-0.1, -0.05) is 30.3 Å². The van der Waals surface area contributed by atoms with E-state index in [-0.39, 0.29) is 11.5 Å². The predicted octanol–water partition coefficient (Wildman–Crippen LogP) is 2.68. The van der Waals surface area contributed by atoms with E-state index in [0.717, 1.165) is 16.3 Å². The third-order valence-corrected chi connectivity index (χ3v) is 2.35. The highest BCUT2D eigenvalue weighted by atomic mass is 16.3. The summed E-state index contributed by atoms with van der Waals surface area (Å²) in [5, 5.41) is 11.5. The molecule has 2 heteroatoms. The molecule has 2 rings (SSSR count). The zero-order valence-electron chi connectivity index (χ0n) is 8.53. The van der Waals surface area contributed by atoms with Crippen LogP contribution in [0.3, 0.4) is 0 Å². The topological polar surface area (TPSA) is 37.3 Å². The molecular weight excluding hydrogens is 188 g/mol. The van der Waals surface area contributed by atoms with Crippen molar-refractivity contribution in [1.29, 1.82) is 0 Å². The van der Waals surface area contributed by atoms with Crippen LogP contribution in [0.5, 0.6) is 5.75 Å². The zero-order chi connectivity index (χ0) is 10.8. The Hall–Kier alpha value is -1.83. The summed E-state index contributed by atoms with van der Waals surface area (Å²) in [4.78, 5) is 11.0. The number of ketones is 1. The molecule has 0 saturated carbocycles. The number of hydrogen-bond donors (Lipinski definition) is 1. The Morgan fingerprint density at radius 3 is 2.73 bits per heavy atom. The van der Waals surface area contributed by atoms with E-state index < -0.39 is 0 Å². The number of carbonyl (C=O) groups is 1. The summed E-state index contributed by atoms with van der Waals surface area (Å²) in [5.41, 5.74) is 0.860. The number of aromatic hydroxyl groups is 1. The Labute approximate surface area is 88.2 Å². The lowest BCUT2D eigenvalue weighted by atomic mass is 10.0. The van der Waals surface area contributed by atoms with Crippen LogP contribution < -0.4 is 0 Å². The molecule has 0 amide bonds. The van der Waals surface area contributed by atoms with Gasteiger partial charge in [-0.3, -0.25) is 4.79 Å². The second-order valence-corrected chi connectivity index (χ2v) is 3.71. The highest BCUT2D eigenvalue weighted by molar-refractivity contribution is 5.90. The van der Waals surface area contributed by atoms with E-state index in [1.165, 1.54) is 0 Å². The van der Waals surface area contributed by atoms with Crippen LogP contribution in [0, 0.1) is 0 Å². The van der Waals surface area contributed by atoms with Gasteiger partial charge in [0.2, 0.25) is 0 Å². The molecular formula is C13H12O2. The summed E-state index contributed by atoms with van der Waals surface area (Å²) >= 11 is 0. The summed E-state index contributed by atoms with van der Waals surface area (Å²) in [5.74, 6) is 0.342. The number of phenolic OH excluding ortho intramolecular Hbond substituents is 1. The SMILES string of the molecule is CC(=O)Cc1cc(O)c2ccccc2c1. The van der Waals surface area contributed by atoms with Crippen molar-refractivity contribution >= 4 is 16.6 Å². The molecule has 0 saturated heterocycles. The molecule has 0 spiro atoms. The largest absolute Gasteiger partial charge is 0.507 e. The number of hydrogen-bond acceptors (Lipinski definition) is 2. The van der Waals surface area contributed by atoms with Crippen LogP contribution in [0.4, 0.5) is 0 Å². The van der Waals surface area contributed by atoms with Gasteiger partial charge in [0.05, 0.1) is 0 Å². The number of phenols is 1. The third-order valence-electron chi connectivity index (χ3n) is 2.35. The third kappa shape index (κ3) is 1.99. The lowest BCUT2D eigenvalue weighted by Crippen LogP contribution is -1.95. The fourth-order valence-electron chi connectivity index (χ4n) is 1.74. The fourth-order valence-corrected chi connectivity index (χ4v) is 1.74. The Morgan fingerprint density at radius 2 is 2.00 bits per heavy atom. The molecule has 0 aromatic heterocycles. The van der Waals surface area contributed by atoms with Gasteiger partial charge in [0.25, 0.3) is 0 Å². The maximum Gasteiger partial charge on any atom is 0.134 e. The lowest BCUT2D eigenvalue weighted by molar-refractivity contribution is -0.116. The molecule has 0 unspecified atom stereocenters. The van der Waals surface area contributed by atoms with Gasteiger partial charge in [-0.25, -0.2) is 0 Å². The first-order chi connectivity index (χ1) is 7.16. The normalized spacial score (nSPS) is 10.5. The Kier molecular flexibility index (Phi) is 2.42. The van der Waals surface area contributed by atoms with Crippen molar-refractivity contribution in [2.45, 2.75) is 13.3 Å². The van der Waals surface area contributed by atoms with Crippen molar-refractivity contribution < 1.29 is 9.90 Å². The van der Waals surface area contributed by atoms with Crippen molar-refractivity contribution in [1.82, 2.24) is 0 Å². The molecule has 0 atom stereocenters. The van der Waals surface area contributed by atoms with Crippen LogP contribution >= 0.6 is 0 Å². The second kappa shape index (κ2) is 3.73. The van der Waals surface area contributed by atoms with E-state index in [9.17, 15) is 9.90 Å². The van der Waals surface area contributed by atoms with E-state index in [2.05, 4.69) is 0 Å². The molecule has 0 radical (unpaired) electrons. The lowest BCUT2D eigenvalue weighted by Gasteiger charge is -2.04. The van der Waals surface area contributed by atoms with Gasteiger partial charge in [0, 0.05) is 11.8 Å². The minimum absolute atomic E-state index is 0.102. The van der Waals surface area contributed by atoms with Gasteiger partial charge < -0.3 is 5.11 Å². The molecule has 2 aromatic rings. The van der Waals surface area contributed by atoms with E-state index >= 15 is 0 Å². The van der Waals surface area contributed by atoms with Crippen molar-refractivity contribution in [2.24, 2.45) is 0 Å². The van der Waals surface area contributed by atoms with Gasteiger partial charge in [-0.05, 0) is 23.9 Å². The fraction of sp³-hybridized carbons (Fsp3) is 0.154. The van der Waals surface area contributed by atoms with E-state index in [1.807, 2.05) is 30.3 Å². The molecule has 1 N–H and O–H groups in total. The van der Waals surface area contributed by atoms with Gasteiger partial charge >= 0.3 is 0 Å². The minimum Gasteiger partial charge on any atom is -0.507 e. The van der Waals surface area contributed by atoms with E-state index in [1.54, 1.807) is 13.0 Å². The molecule has 0 aliphatic rings. The van der Waals surface area contributed by atoms with Crippen molar-refractivity contribution in [3.63, 3.8) is 0 Å². The number of benzene rings is 2. The Bertz CT molecular complexity index is 515. The summed E-state index contributed by atoms with van der Waals surface area (Å²) in [6.07, 6.45) is 0.373. The molecule has 0 aliphatic carbocycles. The number of carbonyl (C=O) groups excluding carboxylic acids is 1. The Balaban J connectivity index is 2.57. The first kappa shape index (κ1) is 9.71. The average Bonchev–Trinajstić information content (AvgIpc) is 2.16. The van der Waals surface area contributed by atoms with Crippen LogP contribution in [0.2, 0.25) is 0 Å². The maximum atomic E-state index is 11.0. The molecule has 2 aromatic carbocycles. The van der Waals surface area contributed by atoms with Crippen LogP contribution in [-0.2, 0) is 11.2 Å². The highest BCUT2D eigenvalue weighted by Gasteiger charge is 2.03. The quantitative estimate of drug-likeness (QED) is 0.809.